The lowest BCUT2D eigenvalue weighted by Crippen LogP contribution is -2.41. The number of carbonyl (C=O) groups is 1. The summed E-state index contributed by atoms with van der Waals surface area (Å²) in [6.45, 7) is 10.6. The van der Waals surface area contributed by atoms with E-state index in [1.54, 1.807) is 17.7 Å². The Morgan fingerprint density at radius 1 is 1.23 bits per heavy atom. The van der Waals surface area contributed by atoms with Gasteiger partial charge in [0.15, 0.2) is 0 Å². The van der Waals surface area contributed by atoms with E-state index < -0.39 is 0 Å². The van der Waals surface area contributed by atoms with E-state index in [4.69, 9.17) is 4.74 Å². The monoisotopic (exact) mass is 438 g/mol. The van der Waals surface area contributed by atoms with E-state index in [-0.39, 0.29) is 17.9 Å². The number of aromatic nitrogens is 2. The molecule has 31 heavy (non-hydrogen) atoms. The second-order valence-corrected chi connectivity index (χ2v) is 9.36. The van der Waals surface area contributed by atoms with Gasteiger partial charge in [-0.05, 0) is 63.8 Å². The average Bonchev–Trinajstić information content (AvgIpc) is 3.08. The van der Waals surface area contributed by atoms with Gasteiger partial charge >= 0.3 is 0 Å². The van der Waals surface area contributed by atoms with E-state index in [9.17, 15) is 4.79 Å². The standard InChI is InChI=1S/C24H30N4O2S/c1-5-30-20-8-6-18(7-9-20)16(3)27-23(29)19-10-12-28(13-11-19)22-21-15(2)17(4)31-24(21)26-14-25-22/h6-9,14,16,19H,5,10-13H2,1-4H3,(H,27,29). The van der Waals surface area contributed by atoms with Crippen LogP contribution in [0.4, 0.5) is 5.82 Å². The van der Waals surface area contributed by atoms with Crippen molar-refractivity contribution in [2.24, 2.45) is 5.92 Å². The summed E-state index contributed by atoms with van der Waals surface area (Å²) in [5.74, 6) is 2.03. The molecule has 0 radical (unpaired) electrons. The molecule has 1 unspecified atom stereocenters. The van der Waals surface area contributed by atoms with Crippen LogP contribution in [0.1, 0.15) is 48.7 Å². The average molecular weight is 439 g/mol. The third-order valence-corrected chi connectivity index (χ3v) is 7.28. The van der Waals surface area contributed by atoms with Crippen molar-refractivity contribution in [2.75, 3.05) is 24.6 Å². The minimum atomic E-state index is -0.0286. The summed E-state index contributed by atoms with van der Waals surface area (Å²) in [5, 5.41) is 4.36. The molecule has 1 N–H and O–H groups in total. The number of carbonyl (C=O) groups excluding carboxylic acids is 1. The van der Waals surface area contributed by atoms with Crippen molar-refractivity contribution >= 4 is 33.3 Å². The van der Waals surface area contributed by atoms with Crippen molar-refractivity contribution in [2.45, 2.75) is 46.6 Å². The van der Waals surface area contributed by atoms with Gasteiger partial charge < -0.3 is 15.0 Å². The van der Waals surface area contributed by atoms with Crippen LogP contribution >= 0.6 is 11.3 Å². The number of aryl methyl sites for hydroxylation is 2. The van der Waals surface area contributed by atoms with Crippen LogP contribution in [-0.2, 0) is 4.79 Å². The molecule has 6 nitrogen and oxygen atoms in total. The molecule has 1 aromatic carbocycles. The van der Waals surface area contributed by atoms with E-state index in [0.29, 0.717) is 6.61 Å². The van der Waals surface area contributed by atoms with E-state index in [0.717, 1.165) is 53.3 Å². The number of hydrogen-bond donors (Lipinski definition) is 1. The molecule has 1 fully saturated rings. The third-order valence-electron chi connectivity index (χ3n) is 6.16. The van der Waals surface area contributed by atoms with Gasteiger partial charge in [-0.15, -0.1) is 11.3 Å². The predicted molar refractivity (Wildman–Crippen MR) is 126 cm³/mol. The van der Waals surface area contributed by atoms with E-state index in [1.165, 1.54) is 10.4 Å². The first-order valence-corrected chi connectivity index (χ1v) is 11.8. The molecule has 0 bridgehead atoms. The second-order valence-electron chi connectivity index (χ2n) is 8.15. The number of ether oxygens (including phenoxy) is 1. The molecule has 164 valence electrons. The predicted octanol–water partition coefficient (Wildman–Crippen LogP) is 4.80. The van der Waals surface area contributed by atoms with Crippen molar-refractivity contribution in [3.8, 4) is 5.75 Å². The van der Waals surface area contributed by atoms with Gasteiger partial charge in [0.05, 0.1) is 18.0 Å². The maximum Gasteiger partial charge on any atom is 0.223 e. The maximum absolute atomic E-state index is 12.9. The van der Waals surface area contributed by atoms with Gasteiger partial charge in [-0.3, -0.25) is 4.79 Å². The van der Waals surface area contributed by atoms with Crippen LogP contribution in [0.15, 0.2) is 30.6 Å². The quantitative estimate of drug-likeness (QED) is 0.599. The van der Waals surface area contributed by atoms with Crippen molar-refractivity contribution in [1.29, 1.82) is 0 Å². The van der Waals surface area contributed by atoms with E-state index >= 15 is 0 Å². The molecule has 0 saturated carbocycles. The van der Waals surface area contributed by atoms with Gasteiger partial charge in [0.2, 0.25) is 5.91 Å². The summed E-state index contributed by atoms with van der Waals surface area (Å²) in [6, 6.07) is 7.92. The molecular formula is C24H30N4O2S. The molecule has 1 saturated heterocycles. The third kappa shape index (κ3) is 4.51. The summed E-state index contributed by atoms with van der Waals surface area (Å²) in [6.07, 6.45) is 3.31. The Kier molecular flexibility index (Phi) is 6.41. The Balaban J connectivity index is 1.37. The smallest absolute Gasteiger partial charge is 0.223 e. The minimum Gasteiger partial charge on any atom is -0.494 e. The number of rotatable bonds is 6. The number of nitrogens with one attached hydrogen (secondary N) is 1. The van der Waals surface area contributed by atoms with Crippen LogP contribution in [-0.4, -0.2) is 35.6 Å². The number of fused-ring (bicyclic) bond motifs is 1. The zero-order valence-corrected chi connectivity index (χ0v) is 19.5. The highest BCUT2D eigenvalue weighted by molar-refractivity contribution is 7.18. The number of anilines is 1. The molecular weight excluding hydrogens is 408 g/mol. The molecule has 1 amide bonds. The zero-order chi connectivity index (χ0) is 22.0. The summed E-state index contributed by atoms with van der Waals surface area (Å²) >= 11 is 1.72. The molecule has 1 aliphatic rings. The van der Waals surface area contributed by atoms with Crippen LogP contribution in [0.25, 0.3) is 10.2 Å². The van der Waals surface area contributed by atoms with E-state index in [2.05, 4.69) is 34.0 Å². The lowest BCUT2D eigenvalue weighted by Gasteiger charge is -2.33. The Bertz CT molecular complexity index is 1060. The molecule has 3 heterocycles. The number of thiophene rings is 1. The maximum atomic E-state index is 12.9. The number of nitrogens with zero attached hydrogens (tertiary/aromatic N) is 3. The van der Waals surface area contributed by atoms with Crippen molar-refractivity contribution in [1.82, 2.24) is 15.3 Å². The SMILES string of the molecule is CCOc1ccc(C(C)NC(=O)C2CCN(c3ncnc4sc(C)c(C)c34)CC2)cc1. The second kappa shape index (κ2) is 9.22. The number of piperidine rings is 1. The minimum absolute atomic E-state index is 0.0286. The normalized spacial score (nSPS) is 15.8. The van der Waals surface area contributed by atoms with Crippen molar-refractivity contribution < 1.29 is 9.53 Å². The number of benzene rings is 1. The number of amides is 1. The Labute approximate surface area is 187 Å². The van der Waals surface area contributed by atoms with Gasteiger partial charge in [-0.2, -0.15) is 0 Å². The van der Waals surface area contributed by atoms with Crippen LogP contribution in [0, 0.1) is 19.8 Å². The van der Waals surface area contributed by atoms with Crippen LogP contribution in [0.5, 0.6) is 5.75 Å². The van der Waals surface area contributed by atoms with Gasteiger partial charge in [0.25, 0.3) is 0 Å². The molecule has 4 rings (SSSR count). The first-order chi connectivity index (χ1) is 15.0. The van der Waals surface area contributed by atoms with Crippen molar-refractivity contribution in [3.05, 3.63) is 46.6 Å². The van der Waals surface area contributed by atoms with Crippen LogP contribution < -0.4 is 15.0 Å². The molecule has 1 atom stereocenters. The fourth-order valence-electron chi connectivity index (χ4n) is 4.19. The molecule has 2 aromatic heterocycles. The van der Waals surface area contributed by atoms with Gasteiger partial charge in [-0.1, -0.05) is 12.1 Å². The molecule has 0 spiro atoms. The molecule has 1 aliphatic heterocycles. The topological polar surface area (TPSA) is 67.3 Å². The van der Waals surface area contributed by atoms with Gasteiger partial charge in [0.1, 0.15) is 22.7 Å². The van der Waals surface area contributed by atoms with Gasteiger partial charge in [-0.25, -0.2) is 9.97 Å². The largest absolute Gasteiger partial charge is 0.494 e. The van der Waals surface area contributed by atoms with Crippen LogP contribution in [0.3, 0.4) is 0 Å². The lowest BCUT2D eigenvalue weighted by molar-refractivity contribution is -0.126. The Morgan fingerprint density at radius 3 is 2.61 bits per heavy atom. The highest BCUT2D eigenvalue weighted by atomic mass is 32.1. The highest BCUT2D eigenvalue weighted by Gasteiger charge is 2.28. The molecule has 0 aliphatic carbocycles. The Hall–Kier alpha value is -2.67. The lowest BCUT2D eigenvalue weighted by atomic mass is 9.95. The van der Waals surface area contributed by atoms with Gasteiger partial charge in [0, 0.05) is 23.9 Å². The molecule has 3 aromatic rings. The molecule has 7 heteroatoms. The number of hydrogen-bond acceptors (Lipinski definition) is 6. The fourth-order valence-corrected chi connectivity index (χ4v) is 5.18. The zero-order valence-electron chi connectivity index (χ0n) is 18.6. The van der Waals surface area contributed by atoms with Crippen molar-refractivity contribution in [3.63, 3.8) is 0 Å². The Morgan fingerprint density at radius 2 is 1.94 bits per heavy atom. The van der Waals surface area contributed by atoms with Crippen LogP contribution in [0.2, 0.25) is 0 Å². The summed E-state index contributed by atoms with van der Waals surface area (Å²) in [4.78, 5) is 26.6. The fraction of sp³-hybridized carbons (Fsp3) is 0.458. The van der Waals surface area contributed by atoms with E-state index in [1.807, 2.05) is 38.1 Å². The summed E-state index contributed by atoms with van der Waals surface area (Å²) < 4.78 is 5.50. The summed E-state index contributed by atoms with van der Waals surface area (Å²) in [5.41, 5.74) is 2.35. The first kappa shape index (κ1) is 21.6. The summed E-state index contributed by atoms with van der Waals surface area (Å²) in [7, 11) is 0. The first-order valence-electron chi connectivity index (χ1n) is 11.0. The highest BCUT2D eigenvalue weighted by Crippen LogP contribution is 2.35.